The normalized spacial score (nSPS) is 14.6. The van der Waals surface area contributed by atoms with Crippen LogP contribution in [0.15, 0.2) is 67.8 Å². The van der Waals surface area contributed by atoms with Crippen LogP contribution in [-0.4, -0.2) is 57.5 Å². The van der Waals surface area contributed by atoms with Crippen LogP contribution in [0.2, 0.25) is 0 Å². The second-order valence-corrected chi connectivity index (χ2v) is 8.25. The Kier molecular flexibility index (Phi) is 5.33. The van der Waals surface area contributed by atoms with Crippen molar-refractivity contribution in [2.24, 2.45) is 0 Å². The third-order valence-corrected chi connectivity index (χ3v) is 5.99. The van der Waals surface area contributed by atoms with Crippen LogP contribution in [0.1, 0.15) is 16.8 Å². The van der Waals surface area contributed by atoms with Gasteiger partial charge in [-0.15, -0.1) is 0 Å². The lowest BCUT2D eigenvalue weighted by atomic mass is 10.0. The van der Waals surface area contributed by atoms with Crippen LogP contribution >= 0.6 is 0 Å². The van der Waals surface area contributed by atoms with Crippen molar-refractivity contribution in [1.82, 2.24) is 24.3 Å². The smallest absolute Gasteiger partial charge is 0.233 e. The monoisotopic (exact) mass is 425 g/mol. The fourth-order valence-electron chi connectivity index (χ4n) is 4.07. The molecular formula is C25H27N7. The van der Waals surface area contributed by atoms with E-state index in [-0.39, 0.29) is 0 Å². The number of likely N-dealkylation sites (N-methyl/N-ethyl adjacent to an activating group) is 1. The number of imidazole rings is 1. The quantitative estimate of drug-likeness (QED) is 0.522. The number of benzene rings is 1. The molecule has 0 amide bonds. The zero-order chi connectivity index (χ0) is 22.1. The maximum atomic E-state index is 4.79. The largest absolute Gasteiger partial charge is 0.369 e. The standard InChI is InChI=1S/C25H27N7/c1-18(20-16-27-25-26-9-10-32(25)17-20)23-7-8-24(28-19(23)2)29-21-5-4-6-22(15-21)31-13-11-30(3)12-14-31/h4-10,15-17H,1,11-14H2,2-3H3,(H,28,29). The van der Waals surface area contributed by atoms with E-state index in [0.717, 1.165) is 60.1 Å². The maximum Gasteiger partial charge on any atom is 0.233 e. The number of aromatic nitrogens is 4. The van der Waals surface area contributed by atoms with Crippen molar-refractivity contribution in [2.75, 3.05) is 43.4 Å². The Labute approximate surface area is 188 Å². The van der Waals surface area contributed by atoms with Gasteiger partial charge >= 0.3 is 0 Å². The SMILES string of the molecule is C=C(c1cnc2nccn2c1)c1ccc(Nc2cccc(N3CCN(C)CC3)c2)nc1C. The Bertz CT molecular complexity index is 1270. The Balaban J connectivity index is 1.33. The number of nitrogens with one attached hydrogen (secondary N) is 1. The minimum atomic E-state index is 0.676. The van der Waals surface area contributed by atoms with Gasteiger partial charge < -0.3 is 15.1 Å². The van der Waals surface area contributed by atoms with Crippen molar-refractivity contribution < 1.29 is 0 Å². The summed E-state index contributed by atoms with van der Waals surface area (Å²) in [5, 5.41) is 3.46. The van der Waals surface area contributed by atoms with Crippen LogP contribution in [0.3, 0.4) is 0 Å². The number of rotatable bonds is 5. The van der Waals surface area contributed by atoms with E-state index in [1.165, 1.54) is 5.69 Å². The summed E-state index contributed by atoms with van der Waals surface area (Å²) in [5.74, 6) is 1.49. The van der Waals surface area contributed by atoms with Crippen LogP contribution in [0, 0.1) is 6.92 Å². The molecule has 162 valence electrons. The molecule has 0 unspecified atom stereocenters. The topological polar surface area (TPSA) is 61.6 Å². The molecule has 4 aromatic rings. The third kappa shape index (κ3) is 4.07. The molecule has 5 rings (SSSR count). The molecule has 3 aromatic heterocycles. The molecule has 1 fully saturated rings. The average molecular weight is 426 g/mol. The van der Waals surface area contributed by atoms with Gasteiger partial charge in [0.15, 0.2) is 0 Å². The number of hydrogen-bond acceptors (Lipinski definition) is 6. The molecule has 1 aliphatic rings. The summed E-state index contributed by atoms with van der Waals surface area (Å²) in [4.78, 5) is 18.2. The summed E-state index contributed by atoms with van der Waals surface area (Å²) in [7, 11) is 2.17. The lowest BCUT2D eigenvalue weighted by Crippen LogP contribution is -2.44. The first-order valence-corrected chi connectivity index (χ1v) is 10.8. The first-order chi connectivity index (χ1) is 15.6. The van der Waals surface area contributed by atoms with Gasteiger partial charge in [-0.3, -0.25) is 4.40 Å². The van der Waals surface area contributed by atoms with Gasteiger partial charge in [-0.1, -0.05) is 12.6 Å². The molecule has 0 bridgehead atoms. The lowest BCUT2D eigenvalue weighted by Gasteiger charge is -2.34. The second-order valence-electron chi connectivity index (χ2n) is 8.25. The van der Waals surface area contributed by atoms with E-state index >= 15 is 0 Å². The molecule has 0 radical (unpaired) electrons. The molecule has 0 spiro atoms. The molecule has 7 nitrogen and oxygen atoms in total. The highest BCUT2D eigenvalue weighted by molar-refractivity contribution is 5.79. The summed E-state index contributed by atoms with van der Waals surface area (Å²) in [6, 6.07) is 12.6. The Morgan fingerprint density at radius 1 is 1.06 bits per heavy atom. The molecule has 1 saturated heterocycles. The number of anilines is 3. The molecule has 0 atom stereocenters. The van der Waals surface area contributed by atoms with E-state index in [0.29, 0.717) is 5.78 Å². The number of fused-ring (bicyclic) bond motifs is 1. The number of nitrogens with zero attached hydrogens (tertiary/aromatic N) is 6. The van der Waals surface area contributed by atoms with Crippen LogP contribution < -0.4 is 10.2 Å². The van der Waals surface area contributed by atoms with Crippen molar-refractivity contribution in [3.05, 3.63) is 84.6 Å². The predicted octanol–water partition coefficient (Wildman–Crippen LogP) is 3.99. The summed E-state index contributed by atoms with van der Waals surface area (Å²) >= 11 is 0. The van der Waals surface area contributed by atoms with Crippen molar-refractivity contribution in [3.63, 3.8) is 0 Å². The molecule has 1 aliphatic heterocycles. The van der Waals surface area contributed by atoms with Gasteiger partial charge in [0.25, 0.3) is 0 Å². The van der Waals surface area contributed by atoms with Gasteiger partial charge in [-0.2, -0.15) is 0 Å². The molecule has 0 aliphatic carbocycles. The van der Waals surface area contributed by atoms with Crippen LogP contribution in [-0.2, 0) is 0 Å². The summed E-state index contributed by atoms with van der Waals surface area (Å²) in [6.45, 7) is 10.6. The van der Waals surface area contributed by atoms with Crippen molar-refractivity contribution in [1.29, 1.82) is 0 Å². The first kappa shape index (κ1) is 20.2. The van der Waals surface area contributed by atoms with Gasteiger partial charge in [-0.25, -0.2) is 15.0 Å². The second kappa shape index (κ2) is 8.43. The van der Waals surface area contributed by atoms with Crippen LogP contribution in [0.25, 0.3) is 11.4 Å². The average Bonchev–Trinajstić information content (AvgIpc) is 3.27. The fraction of sp³-hybridized carbons (Fsp3) is 0.240. The van der Waals surface area contributed by atoms with Gasteiger partial charge in [-0.05, 0) is 49.9 Å². The van der Waals surface area contributed by atoms with E-state index in [2.05, 4.69) is 69.0 Å². The van der Waals surface area contributed by atoms with E-state index in [1.54, 1.807) is 12.4 Å². The molecule has 1 N–H and O–H groups in total. The van der Waals surface area contributed by atoms with Crippen molar-refractivity contribution in [2.45, 2.75) is 6.92 Å². The first-order valence-electron chi connectivity index (χ1n) is 10.8. The molecule has 4 heterocycles. The zero-order valence-corrected chi connectivity index (χ0v) is 18.5. The zero-order valence-electron chi connectivity index (χ0n) is 18.5. The van der Waals surface area contributed by atoms with Crippen LogP contribution in [0.4, 0.5) is 17.2 Å². The number of piperazine rings is 1. The Hall–Kier alpha value is -3.71. The number of hydrogen-bond donors (Lipinski definition) is 1. The van der Waals surface area contributed by atoms with Gasteiger partial charge in [0.05, 0.1) is 0 Å². The molecule has 32 heavy (non-hydrogen) atoms. The van der Waals surface area contributed by atoms with E-state index < -0.39 is 0 Å². The molecule has 7 heteroatoms. The van der Waals surface area contributed by atoms with Gasteiger partial charge in [0, 0.05) is 79.2 Å². The van der Waals surface area contributed by atoms with E-state index in [1.807, 2.05) is 29.8 Å². The van der Waals surface area contributed by atoms with Crippen molar-refractivity contribution in [3.8, 4) is 0 Å². The molecular weight excluding hydrogens is 398 g/mol. The van der Waals surface area contributed by atoms with Gasteiger partial charge in [0.1, 0.15) is 5.82 Å². The van der Waals surface area contributed by atoms with Crippen LogP contribution in [0.5, 0.6) is 0 Å². The minimum Gasteiger partial charge on any atom is -0.369 e. The highest BCUT2D eigenvalue weighted by atomic mass is 15.2. The lowest BCUT2D eigenvalue weighted by molar-refractivity contribution is 0.313. The summed E-state index contributed by atoms with van der Waals surface area (Å²) < 4.78 is 1.90. The maximum absolute atomic E-state index is 4.79. The number of aryl methyl sites for hydroxylation is 1. The predicted molar refractivity (Wildman–Crippen MR) is 130 cm³/mol. The Morgan fingerprint density at radius 3 is 2.72 bits per heavy atom. The minimum absolute atomic E-state index is 0.676. The molecule has 0 saturated carbocycles. The van der Waals surface area contributed by atoms with E-state index in [4.69, 9.17) is 4.98 Å². The van der Waals surface area contributed by atoms with Gasteiger partial charge in [0.2, 0.25) is 5.78 Å². The fourth-order valence-corrected chi connectivity index (χ4v) is 4.07. The number of pyridine rings is 1. The third-order valence-electron chi connectivity index (χ3n) is 5.99. The molecule has 1 aromatic carbocycles. The highest BCUT2D eigenvalue weighted by Gasteiger charge is 2.15. The summed E-state index contributed by atoms with van der Waals surface area (Å²) in [5.41, 5.74) is 6.04. The summed E-state index contributed by atoms with van der Waals surface area (Å²) in [6.07, 6.45) is 7.42. The van der Waals surface area contributed by atoms with E-state index in [9.17, 15) is 0 Å². The van der Waals surface area contributed by atoms with Crippen molar-refractivity contribution >= 4 is 28.5 Å². The Morgan fingerprint density at radius 2 is 1.91 bits per heavy atom. The highest BCUT2D eigenvalue weighted by Crippen LogP contribution is 2.27.